The Morgan fingerprint density at radius 1 is 1.59 bits per heavy atom. The van der Waals surface area contributed by atoms with E-state index in [1.807, 2.05) is 12.2 Å². The van der Waals surface area contributed by atoms with Crippen molar-refractivity contribution in [3.05, 3.63) is 17.5 Å². The lowest BCUT2D eigenvalue weighted by atomic mass is 9.99. The van der Waals surface area contributed by atoms with Crippen LogP contribution in [0.25, 0.3) is 6.08 Å². The van der Waals surface area contributed by atoms with Gasteiger partial charge in [-0.1, -0.05) is 17.8 Å². The second-order valence-corrected chi connectivity index (χ2v) is 5.19. The van der Waals surface area contributed by atoms with Crippen molar-refractivity contribution in [2.45, 2.75) is 12.1 Å². The molecule has 0 saturated carbocycles. The van der Waals surface area contributed by atoms with Crippen LogP contribution in [0, 0.1) is 0 Å². The SMILES string of the molecule is NC(=O)CSC1=NC2c3nsnc3C=CC2N1. The van der Waals surface area contributed by atoms with Gasteiger partial charge in [-0.3, -0.25) is 9.79 Å². The van der Waals surface area contributed by atoms with Gasteiger partial charge in [0.05, 0.1) is 23.5 Å². The molecule has 88 valence electrons. The number of carbonyl (C=O) groups excluding carboxylic acids is 1. The first-order valence-corrected chi connectivity index (χ1v) is 6.72. The van der Waals surface area contributed by atoms with Gasteiger partial charge in [0.1, 0.15) is 17.4 Å². The van der Waals surface area contributed by atoms with Crippen LogP contribution in [-0.2, 0) is 4.79 Å². The van der Waals surface area contributed by atoms with Crippen LogP contribution < -0.4 is 11.1 Å². The van der Waals surface area contributed by atoms with Crippen molar-refractivity contribution in [3.8, 4) is 0 Å². The highest BCUT2D eigenvalue weighted by Gasteiger charge is 2.34. The van der Waals surface area contributed by atoms with Crippen LogP contribution in [-0.4, -0.2) is 31.6 Å². The fourth-order valence-corrected chi connectivity index (χ4v) is 3.05. The quantitative estimate of drug-likeness (QED) is 0.795. The number of aliphatic imine (C=N–C) groups is 1. The smallest absolute Gasteiger partial charge is 0.227 e. The summed E-state index contributed by atoms with van der Waals surface area (Å²) in [6.07, 6.45) is 3.97. The molecular formula is C9H9N5OS2. The van der Waals surface area contributed by atoms with E-state index in [1.54, 1.807) is 0 Å². The van der Waals surface area contributed by atoms with Gasteiger partial charge in [0.25, 0.3) is 0 Å². The second-order valence-electron chi connectivity index (χ2n) is 3.70. The molecule has 2 heterocycles. The van der Waals surface area contributed by atoms with Crippen molar-refractivity contribution in [2.75, 3.05) is 5.75 Å². The number of amides is 1. The number of amidine groups is 1. The fraction of sp³-hybridized carbons (Fsp3) is 0.333. The van der Waals surface area contributed by atoms with E-state index in [-0.39, 0.29) is 23.7 Å². The van der Waals surface area contributed by atoms with Crippen LogP contribution in [0.1, 0.15) is 17.4 Å². The van der Waals surface area contributed by atoms with E-state index >= 15 is 0 Å². The molecule has 0 saturated heterocycles. The van der Waals surface area contributed by atoms with Crippen LogP contribution in [0.5, 0.6) is 0 Å². The highest BCUT2D eigenvalue weighted by molar-refractivity contribution is 8.14. The minimum atomic E-state index is -0.346. The number of thioether (sulfide) groups is 1. The van der Waals surface area contributed by atoms with Gasteiger partial charge in [0.15, 0.2) is 5.17 Å². The van der Waals surface area contributed by atoms with Crippen molar-refractivity contribution in [3.63, 3.8) is 0 Å². The van der Waals surface area contributed by atoms with Gasteiger partial charge in [0.2, 0.25) is 5.91 Å². The number of hydrogen-bond donors (Lipinski definition) is 2. The Morgan fingerprint density at radius 3 is 3.29 bits per heavy atom. The average molecular weight is 267 g/mol. The molecule has 8 heteroatoms. The minimum Gasteiger partial charge on any atom is -0.369 e. The van der Waals surface area contributed by atoms with Crippen LogP contribution >= 0.6 is 23.5 Å². The van der Waals surface area contributed by atoms with E-state index in [9.17, 15) is 4.79 Å². The molecule has 1 aliphatic heterocycles. The number of hydrogen-bond acceptors (Lipinski definition) is 7. The Labute approximate surface area is 106 Å². The van der Waals surface area contributed by atoms with Crippen LogP contribution in [0.4, 0.5) is 0 Å². The zero-order chi connectivity index (χ0) is 11.8. The molecule has 1 aromatic rings. The van der Waals surface area contributed by atoms with E-state index in [0.29, 0.717) is 0 Å². The molecule has 1 amide bonds. The molecule has 3 rings (SSSR count). The van der Waals surface area contributed by atoms with Crippen molar-refractivity contribution in [1.82, 2.24) is 14.1 Å². The third-order valence-electron chi connectivity index (χ3n) is 2.52. The molecule has 0 radical (unpaired) electrons. The lowest BCUT2D eigenvalue weighted by Crippen LogP contribution is -2.30. The summed E-state index contributed by atoms with van der Waals surface area (Å²) in [5, 5.41) is 3.97. The molecule has 17 heavy (non-hydrogen) atoms. The summed E-state index contributed by atoms with van der Waals surface area (Å²) < 4.78 is 8.44. The lowest BCUT2D eigenvalue weighted by Gasteiger charge is -2.16. The largest absolute Gasteiger partial charge is 0.369 e. The first-order valence-electron chi connectivity index (χ1n) is 5.00. The van der Waals surface area contributed by atoms with Gasteiger partial charge in [-0.05, 0) is 6.08 Å². The molecule has 0 bridgehead atoms. The van der Waals surface area contributed by atoms with Crippen molar-refractivity contribution >= 4 is 40.6 Å². The molecule has 2 atom stereocenters. The zero-order valence-corrected chi connectivity index (χ0v) is 10.3. The normalized spacial score (nSPS) is 24.8. The molecule has 1 aromatic heterocycles. The number of carbonyl (C=O) groups is 1. The Kier molecular flexibility index (Phi) is 2.60. The monoisotopic (exact) mass is 267 g/mol. The van der Waals surface area contributed by atoms with E-state index in [2.05, 4.69) is 19.1 Å². The summed E-state index contributed by atoms with van der Waals surface area (Å²) >= 11 is 2.52. The van der Waals surface area contributed by atoms with Crippen LogP contribution in [0.3, 0.4) is 0 Å². The van der Waals surface area contributed by atoms with E-state index in [0.717, 1.165) is 16.6 Å². The van der Waals surface area contributed by atoms with Crippen molar-refractivity contribution in [1.29, 1.82) is 0 Å². The van der Waals surface area contributed by atoms with E-state index in [4.69, 9.17) is 5.73 Å². The highest BCUT2D eigenvalue weighted by Crippen LogP contribution is 2.33. The molecular weight excluding hydrogens is 258 g/mol. The van der Waals surface area contributed by atoms with Gasteiger partial charge in [-0.25, -0.2) is 0 Å². The maximum atomic E-state index is 10.7. The Bertz CT molecular complexity index is 523. The number of primary amides is 1. The van der Waals surface area contributed by atoms with Crippen LogP contribution in [0.2, 0.25) is 0 Å². The predicted molar refractivity (Wildman–Crippen MR) is 67.7 cm³/mol. The van der Waals surface area contributed by atoms with E-state index < -0.39 is 0 Å². The predicted octanol–water partition coefficient (Wildman–Crippen LogP) is 0.152. The summed E-state index contributed by atoms with van der Waals surface area (Å²) in [6, 6.07) is 0.0888. The maximum absolute atomic E-state index is 10.7. The molecule has 1 aliphatic carbocycles. The number of nitrogens with one attached hydrogen (secondary N) is 1. The van der Waals surface area contributed by atoms with Gasteiger partial charge in [0, 0.05) is 0 Å². The molecule has 0 aromatic carbocycles. The fourth-order valence-electron chi connectivity index (χ4n) is 1.79. The highest BCUT2D eigenvalue weighted by atomic mass is 32.2. The second kappa shape index (κ2) is 4.11. The number of aromatic nitrogens is 2. The topological polar surface area (TPSA) is 93.3 Å². The summed E-state index contributed by atoms with van der Waals surface area (Å²) in [6.45, 7) is 0. The number of rotatable bonds is 2. The van der Waals surface area contributed by atoms with E-state index in [1.165, 1.54) is 23.5 Å². The summed E-state index contributed by atoms with van der Waals surface area (Å²) in [4.78, 5) is 15.2. The third-order valence-corrected chi connectivity index (χ3v) is 4.00. The van der Waals surface area contributed by atoms with Gasteiger partial charge in [-0.15, -0.1) is 0 Å². The molecule has 2 unspecified atom stereocenters. The summed E-state index contributed by atoms with van der Waals surface area (Å²) in [5.74, 6) is -0.113. The maximum Gasteiger partial charge on any atom is 0.227 e. The Balaban J connectivity index is 1.80. The standard InChI is InChI=1S/C9H9N5OS2/c10-6(15)3-16-9-11-4-1-2-5-8(7(4)12-9)14-17-13-5/h1-2,4,7H,3H2,(H2,10,15)(H,11,12). The number of nitrogens with two attached hydrogens (primary N) is 1. The minimum absolute atomic E-state index is 0.0240. The van der Waals surface area contributed by atoms with Gasteiger partial charge in [-0.2, -0.15) is 8.75 Å². The molecule has 0 fully saturated rings. The number of nitrogens with zero attached hydrogens (tertiary/aromatic N) is 3. The first-order chi connectivity index (χ1) is 8.24. The van der Waals surface area contributed by atoms with Crippen LogP contribution in [0.15, 0.2) is 11.1 Å². The Hall–Kier alpha value is -1.41. The zero-order valence-electron chi connectivity index (χ0n) is 8.66. The summed E-state index contributed by atoms with van der Waals surface area (Å²) in [7, 11) is 0. The molecule has 2 aliphatic rings. The van der Waals surface area contributed by atoms with Gasteiger partial charge < -0.3 is 11.1 Å². The average Bonchev–Trinajstić information content (AvgIpc) is 2.91. The Morgan fingerprint density at radius 2 is 2.47 bits per heavy atom. The molecule has 0 spiro atoms. The van der Waals surface area contributed by atoms with Gasteiger partial charge >= 0.3 is 0 Å². The number of fused-ring (bicyclic) bond motifs is 3. The molecule has 6 nitrogen and oxygen atoms in total. The molecule has 3 N–H and O–H groups in total. The van der Waals surface area contributed by atoms with Crippen molar-refractivity contribution < 1.29 is 4.79 Å². The first kappa shape index (κ1) is 10.7. The van der Waals surface area contributed by atoms with Crippen molar-refractivity contribution in [2.24, 2.45) is 10.7 Å². The summed E-state index contributed by atoms with van der Waals surface area (Å²) in [5.41, 5.74) is 6.90. The lowest BCUT2D eigenvalue weighted by molar-refractivity contribution is -0.115. The third kappa shape index (κ3) is 1.93.